The lowest BCUT2D eigenvalue weighted by atomic mass is 9.62. The zero-order valence-corrected chi connectivity index (χ0v) is 40.2. The van der Waals surface area contributed by atoms with Gasteiger partial charge in [0.15, 0.2) is 11.8 Å². The molecule has 6 rings (SSSR count). The fourth-order valence-corrected chi connectivity index (χ4v) is 9.81. The van der Waals surface area contributed by atoms with Crippen LogP contribution in [0.15, 0.2) is 60.7 Å². The maximum absolute atomic E-state index is 15.9. The van der Waals surface area contributed by atoms with E-state index in [4.69, 9.17) is 23.8 Å². The van der Waals surface area contributed by atoms with Crippen molar-refractivity contribution in [3.05, 3.63) is 77.4 Å². The molecule has 15 nitrogen and oxygen atoms in total. The molecule has 0 unspecified atom stereocenters. The number of rotatable bonds is 22. The van der Waals surface area contributed by atoms with E-state index in [-0.39, 0.29) is 38.1 Å². The topological polar surface area (TPSA) is 173 Å². The van der Waals surface area contributed by atoms with Crippen LogP contribution in [0.25, 0.3) is 6.08 Å². The maximum Gasteiger partial charge on any atom is 0.327 e. The summed E-state index contributed by atoms with van der Waals surface area (Å²) in [5.41, 5.74) is 0.122. The molecular formula is C51H72N4O11. The largest absolute Gasteiger partial charge is 0.460 e. The molecule has 3 aliphatic heterocycles. The predicted molar refractivity (Wildman–Crippen MR) is 247 cm³/mol. The number of nitrogens with zero attached hydrogens (tertiary/aromatic N) is 3. The number of hydrogen-bond donors (Lipinski definition) is 2. The number of fused-ring (bicyclic) bond motifs is 4. The molecule has 4 aliphatic rings. The minimum Gasteiger partial charge on any atom is -0.460 e. The van der Waals surface area contributed by atoms with Gasteiger partial charge in [-0.05, 0) is 62.8 Å². The molecule has 1 saturated carbocycles. The Morgan fingerprint density at radius 3 is 2.18 bits per heavy atom. The summed E-state index contributed by atoms with van der Waals surface area (Å²) in [6, 6.07) is 13.7. The summed E-state index contributed by atoms with van der Waals surface area (Å²) in [4.78, 5) is 79.7. The van der Waals surface area contributed by atoms with Crippen molar-refractivity contribution in [3.8, 4) is 0 Å². The van der Waals surface area contributed by atoms with Crippen molar-refractivity contribution >= 4 is 35.7 Å². The second kappa shape index (κ2) is 22.0. The van der Waals surface area contributed by atoms with E-state index < -0.39 is 89.7 Å². The first-order chi connectivity index (χ1) is 31.4. The molecule has 1 aliphatic carbocycles. The third-order valence-corrected chi connectivity index (χ3v) is 13.2. The predicted octanol–water partition coefficient (Wildman–Crippen LogP) is 5.90. The van der Waals surface area contributed by atoms with Crippen LogP contribution in [0.5, 0.6) is 0 Å². The molecule has 0 aromatic heterocycles. The number of esters is 2. The summed E-state index contributed by atoms with van der Waals surface area (Å²) in [5.74, 6) is -3.20. The molecular weight excluding hydrogens is 845 g/mol. The zero-order chi connectivity index (χ0) is 47.8. The third kappa shape index (κ3) is 11.7. The second-order valence-electron chi connectivity index (χ2n) is 19.7. The Morgan fingerprint density at radius 2 is 1.58 bits per heavy atom. The molecule has 0 radical (unpaired) electrons. The first kappa shape index (κ1) is 50.7. The first-order valence-electron chi connectivity index (χ1n) is 23.9. The van der Waals surface area contributed by atoms with Gasteiger partial charge in [0.25, 0.3) is 0 Å². The van der Waals surface area contributed by atoms with Gasteiger partial charge < -0.3 is 39.2 Å². The Bertz CT molecular complexity index is 2010. The number of carbonyl (C=O) groups is 5. The number of hydrogen-bond acceptors (Lipinski definition) is 12. The van der Waals surface area contributed by atoms with Gasteiger partial charge in [-0.15, -0.1) is 0 Å². The summed E-state index contributed by atoms with van der Waals surface area (Å²) in [5, 5.41) is 14.9. The fourth-order valence-electron chi connectivity index (χ4n) is 9.81. The number of carbonyl (C=O) groups excluding carboxylic acids is 5. The van der Waals surface area contributed by atoms with E-state index in [9.17, 15) is 24.3 Å². The summed E-state index contributed by atoms with van der Waals surface area (Å²) in [7, 11) is 4.94. The maximum atomic E-state index is 15.9. The zero-order valence-electron chi connectivity index (χ0n) is 40.2. The Balaban J connectivity index is 1.36. The number of ether oxygens (including phenoxy) is 4. The van der Waals surface area contributed by atoms with Crippen LogP contribution < -0.4 is 5.32 Å². The van der Waals surface area contributed by atoms with Crippen molar-refractivity contribution in [2.75, 3.05) is 27.7 Å². The molecule has 2 bridgehead atoms. The van der Waals surface area contributed by atoms with Crippen LogP contribution in [0, 0.1) is 5.41 Å². The Labute approximate surface area is 390 Å². The highest BCUT2D eigenvalue weighted by molar-refractivity contribution is 5.96. The minimum absolute atomic E-state index is 0.0391. The van der Waals surface area contributed by atoms with Crippen LogP contribution in [0.3, 0.4) is 0 Å². The van der Waals surface area contributed by atoms with Gasteiger partial charge in [0.1, 0.15) is 41.5 Å². The van der Waals surface area contributed by atoms with Gasteiger partial charge in [0.05, 0.1) is 19.2 Å². The smallest absolute Gasteiger partial charge is 0.327 e. The molecule has 66 heavy (non-hydrogen) atoms. The van der Waals surface area contributed by atoms with Gasteiger partial charge in [-0.1, -0.05) is 94.1 Å². The van der Waals surface area contributed by atoms with Crippen molar-refractivity contribution in [1.29, 1.82) is 0 Å². The molecule has 3 heterocycles. The van der Waals surface area contributed by atoms with Gasteiger partial charge in [0.2, 0.25) is 17.7 Å². The second-order valence-corrected chi connectivity index (χ2v) is 19.7. The molecule has 2 aromatic carbocycles. The number of nitrogens with one attached hydrogen (secondary N) is 1. The van der Waals surface area contributed by atoms with E-state index in [1.807, 2.05) is 54.6 Å². The van der Waals surface area contributed by atoms with Crippen molar-refractivity contribution in [2.24, 2.45) is 5.41 Å². The Hall–Kier alpha value is -4.67. The molecule has 3 amide bonds. The standard InChI is InChI=1S/C51H72N4O11/c1-9-11-16-28-50(29-17-12-10-2)64-42-39-31-51(44(47(60)62-39)55(66-45(51)43(42)65-50)32-36-22-20-34(21-23-36)24-26-40(57)53(6)7)48(61)54(8)38(30-35-18-14-13-15-19-35)46(59)52-37(33-56)25-27-41(58)63-49(3,4)5/h13-15,18-24,26,37-39,42-45,56H,9-12,16-17,25,27-33H2,1-8H3,(H,52,59)/t37-,38+,39+,42-,43-,44-,45+,51-/m0/s1. The normalized spacial score (nSPS) is 25.2. The van der Waals surface area contributed by atoms with Gasteiger partial charge in [0, 0.05) is 59.3 Å². The van der Waals surface area contributed by atoms with Crippen LogP contribution in [0.1, 0.15) is 122 Å². The van der Waals surface area contributed by atoms with E-state index in [1.165, 1.54) is 15.9 Å². The van der Waals surface area contributed by atoms with Crippen LogP contribution >= 0.6 is 0 Å². The van der Waals surface area contributed by atoms with E-state index >= 15 is 4.79 Å². The molecule has 8 atom stereocenters. The molecule has 15 heteroatoms. The molecule has 0 spiro atoms. The highest BCUT2D eigenvalue weighted by Gasteiger charge is 2.76. The van der Waals surface area contributed by atoms with Crippen LogP contribution in [-0.4, -0.2) is 131 Å². The lowest BCUT2D eigenvalue weighted by molar-refractivity contribution is -0.225. The minimum atomic E-state index is -1.56. The number of benzene rings is 2. The summed E-state index contributed by atoms with van der Waals surface area (Å²) >= 11 is 0. The van der Waals surface area contributed by atoms with Gasteiger partial charge in [-0.25, -0.2) is 0 Å². The van der Waals surface area contributed by atoms with E-state index in [0.29, 0.717) is 12.8 Å². The average Bonchev–Trinajstić information content (AvgIpc) is 3.84. The van der Waals surface area contributed by atoms with E-state index in [2.05, 4.69) is 19.2 Å². The summed E-state index contributed by atoms with van der Waals surface area (Å²) in [6.45, 7) is 9.26. The number of likely N-dealkylation sites (N-methyl/N-ethyl adjacent to an activating group) is 2. The third-order valence-electron chi connectivity index (χ3n) is 13.2. The highest BCUT2D eigenvalue weighted by atomic mass is 16.8. The highest BCUT2D eigenvalue weighted by Crippen LogP contribution is 2.58. The average molecular weight is 917 g/mol. The molecule has 4 fully saturated rings. The quantitative estimate of drug-likeness (QED) is 0.0816. The summed E-state index contributed by atoms with van der Waals surface area (Å²) < 4.78 is 25.8. The molecule has 362 valence electrons. The molecule has 2 aromatic rings. The SMILES string of the molecule is CCCCCC1(CCCCC)O[C@@H]2[C@H](O1)[C@H]1ON(Cc3ccc(C=CC(=O)N(C)C)cc3)[C@H]3C(=O)O[C@@H]2C[C@@]13C(=O)N(C)[C@H](Cc1ccccc1)C(=O)N[C@H](CO)CCC(=O)OC(C)(C)C. The number of amides is 3. The van der Waals surface area contributed by atoms with E-state index in [0.717, 1.165) is 55.2 Å². The monoisotopic (exact) mass is 917 g/mol. The van der Waals surface area contributed by atoms with Crippen molar-refractivity contribution in [1.82, 2.24) is 20.2 Å². The van der Waals surface area contributed by atoms with Crippen molar-refractivity contribution in [2.45, 2.75) is 172 Å². The van der Waals surface area contributed by atoms with Gasteiger partial charge in [-0.2, -0.15) is 5.06 Å². The fraction of sp³-hybridized carbons (Fsp3) is 0.627. The molecule has 3 saturated heterocycles. The Morgan fingerprint density at radius 1 is 0.924 bits per heavy atom. The Kier molecular flexibility index (Phi) is 16.9. The van der Waals surface area contributed by atoms with Crippen LogP contribution in [0.4, 0.5) is 0 Å². The molecule has 2 N–H and O–H groups in total. The van der Waals surface area contributed by atoms with E-state index in [1.54, 1.807) is 53.1 Å². The number of aliphatic hydroxyl groups excluding tert-OH is 1. The van der Waals surface area contributed by atoms with Crippen LogP contribution in [0.2, 0.25) is 0 Å². The number of unbranched alkanes of at least 4 members (excludes halogenated alkanes) is 4. The lowest BCUT2D eigenvalue weighted by Crippen LogP contribution is -2.70. The number of aliphatic hydroxyl groups is 1. The van der Waals surface area contributed by atoms with Gasteiger partial charge in [-0.3, -0.25) is 28.8 Å². The van der Waals surface area contributed by atoms with Crippen molar-refractivity contribution in [3.63, 3.8) is 0 Å². The van der Waals surface area contributed by atoms with Gasteiger partial charge >= 0.3 is 11.9 Å². The first-order valence-corrected chi connectivity index (χ1v) is 23.9. The summed E-state index contributed by atoms with van der Waals surface area (Å²) in [6.07, 6.45) is 7.24. The van der Waals surface area contributed by atoms with Crippen LogP contribution in [-0.2, 0) is 60.7 Å². The lowest BCUT2D eigenvalue weighted by Gasteiger charge is -2.50. The van der Waals surface area contributed by atoms with Crippen molar-refractivity contribution < 1.29 is 52.9 Å². The number of hydroxylamine groups is 2.